The lowest BCUT2D eigenvalue weighted by Gasteiger charge is -2.23. The molecule has 112 valence electrons. The number of rotatable bonds is 3. The Kier molecular flexibility index (Phi) is 2.96. The van der Waals surface area contributed by atoms with E-state index in [4.69, 9.17) is 0 Å². The Morgan fingerprint density at radius 2 is 2.23 bits per heavy atom. The lowest BCUT2D eigenvalue weighted by Crippen LogP contribution is -2.21. The third-order valence-electron chi connectivity index (χ3n) is 4.46. The maximum Gasteiger partial charge on any atom is 0.323 e. The first-order valence-corrected chi connectivity index (χ1v) is 7.40. The first-order valence-electron chi connectivity index (χ1n) is 7.40. The summed E-state index contributed by atoms with van der Waals surface area (Å²) < 4.78 is 3.86. The molecule has 1 N–H and O–H groups in total. The summed E-state index contributed by atoms with van der Waals surface area (Å²) in [4.78, 5) is 11.2. The molecule has 0 spiro atoms. The van der Waals surface area contributed by atoms with Gasteiger partial charge in [-0.15, -0.1) is 5.10 Å². The van der Waals surface area contributed by atoms with Crippen LogP contribution < -0.4 is 0 Å². The summed E-state index contributed by atoms with van der Waals surface area (Å²) in [6.07, 6.45) is 6.27. The minimum absolute atomic E-state index is 0.0177. The number of hydrogen-bond acceptors (Lipinski definition) is 3. The van der Waals surface area contributed by atoms with E-state index < -0.39 is 5.97 Å². The lowest BCUT2D eigenvalue weighted by molar-refractivity contribution is -0.137. The van der Waals surface area contributed by atoms with Crippen LogP contribution in [0.25, 0.3) is 10.9 Å². The molecule has 0 saturated heterocycles. The molecule has 0 saturated carbocycles. The molecule has 6 nitrogen and oxygen atoms in total. The van der Waals surface area contributed by atoms with Gasteiger partial charge in [-0.2, -0.15) is 0 Å². The summed E-state index contributed by atoms with van der Waals surface area (Å²) in [7, 11) is 0. The highest BCUT2D eigenvalue weighted by molar-refractivity contribution is 5.87. The van der Waals surface area contributed by atoms with Crippen molar-refractivity contribution in [1.82, 2.24) is 19.6 Å². The van der Waals surface area contributed by atoms with Crippen molar-refractivity contribution in [2.24, 2.45) is 0 Å². The van der Waals surface area contributed by atoms with Gasteiger partial charge in [0.25, 0.3) is 0 Å². The van der Waals surface area contributed by atoms with E-state index >= 15 is 0 Å². The largest absolute Gasteiger partial charge is 0.480 e. The number of carboxylic acids is 1. The zero-order chi connectivity index (χ0) is 15.1. The molecule has 22 heavy (non-hydrogen) atoms. The standard InChI is InChI=1S/C16H16N4O2/c21-16(22)10-19-14-4-2-1-3-12(14)13-9-11(5-6-15(13)19)20-8-7-17-18-20/h1-4,7-8,11H,5-6,9-10H2,(H,21,22). The van der Waals surface area contributed by atoms with E-state index in [0.29, 0.717) is 6.04 Å². The van der Waals surface area contributed by atoms with Crippen LogP contribution >= 0.6 is 0 Å². The highest BCUT2D eigenvalue weighted by Gasteiger charge is 2.27. The van der Waals surface area contributed by atoms with Gasteiger partial charge in [0.15, 0.2) is 0 Å². The number of nitrogens with zero attached hydrogens (tertiary/aromatic N) is 4. The number of aromatic nitrogens is 4. The smallest absolute Gasteiger partial charge is 0.323 e. The van der Waals surface area contributed by atoms with Gasteiger partial charge in [-0.1, -0.05) is 23.4 Å². The Balaban J connectivity index is 1.83. The van der Waals surface area contributed by atoms with E-state index in [0.717, 1.165) is 35.9 Å². The molecule has 0 amide bonds. The molecule has 0 radical (unpaired) electrons. The predicted octanol–water partition coefficient (Wildman–Crippen LogP) is 2.05. The Labute approximate surface area is 127 Å². The zero-order valence-corrected chi connectivity index (χ0v) is 12.0. The molecule has 1 unspecified atom stereocenters. The second-order valence-electron chi connectivity index (χ2n) is 5.70. The van der Waals surface area contributed by atoms with Crippen LogP contribution in [0.5, 0.6) is 0 Å². The van der Waals surface area contributed by atoms with Crippen LogP contribution in [0.2, 0.25) is 0 Å². The Bertz CT molecular complexity index is 835. The van der Waals surface area contributed by atoms with Crippen LogP contribution in [0.1, 0.15) is 23.7 Å². The fourth-order valence-corrected chi connectivity index (χ4v) is 3.54. The van der Waals surface area contributed by atoms with Gasteiger partial charge in [-0.05, 0) is 30.9 Å². The second-order valence-corrected chi connectivity index (χ2v) is 5.70. The summed E-state index contributed by atoms with van der Waals surface area (Å²) in [6, 6.07) is 8.34. The normalized spacial score (nSPS) is 17.5. The van der Waals surface area contributed by atoms with E-state index in [1.54, 1.807) is 6.20 Å². The number of carboxylic acid groups (broad SMARTS) is 1. The summed E-state index contributed by atoms with van der Waals surface area (Å²) in [5.74, 6) is -0.804. The zero-order valence-electron chi connectivity index (χ0n) is 12.0. The minimum Gasteiger partial charge on any atom is -0.480 e. The lowest BCUT2D eigenvalue weighted by atomic mass is 9.91. The monoisotopic (exact) mass is 296 g/mol. The molecule has 1 aliphatic rings. The Morgan fingerprint density at radius 1 is 1.36 bits per heavy atom. The quantitative estimate of drug-likeness (QED) is 0.803. The van der Waals surface area contributed by atoms with Crippen molar-refractivity contribution in [2.45, 2.75) is 31.8 Å². The van der Waals surface area contributed by atoms with Crippen LogP contribution in [0, 0.1) is 0 Å². The summed E-state index contributed by atoms with van der Waals surface area (Å²) in [5.41, 5.74) is 3.41. The van der Waals surface area contributed by atoms with E-state index in [-0.39, 0.29) is 6.54 Å². The van der Waals surface area contributed by atoms with Crippen molar-refractivity contribution in [3.8, 4) is 0 Å². The molecule has 6 heteroatoms. The van der Waals surface area contributed by atoms with Crippen LogP contribution in [-0.4, -0.2) is 30.6 Å². The Morgan fingerprint density at radius 3 is 3.00 bits per heavy atom. The molecule has 1 atom stereocenters. The van der Waals surface area contributed by atoms with Gasteiger partial charge in [-0.25, -0.2) is 4.68 Å². The number of fused-ring (bicyclic) bond motifs is 3. The molecular formula is C16H16N4O2. The number of hydrogen-bond donors (Lipinski definition) is 1. The number of para-hydroxylation sites is 1. The van der Waals surface area contributed by atoms with Gasteiger partial charge in [0.2, 0.25) is 0 Å². The maximum atomic E-state index is 11.2. The molecule has 0 fully saturated rings. The van der Waals surface area contributed by atoms with Crippen molar-refractivity contribution in [3.05, 3.63) is 47.9 Å². The van der Waals surface area contributed by atoms with Crippen molar-refractivity contribution in [3.63, 3.8) is 0 Å². The third kappa shape index (κ3) is 1.99. The van der Waals surface area contributed by atoms with Crippen LogP contribution in [-0.2, 0) is 24.2 Å². The number of benzene rings is 1. The van der Waals surface area contributed by atoms with Crippen molar-refractivity contribution in [2.75, 3.05) is 0 Å². The molecule has 1 aliphatic carbocycles. The topological polar surface area (TPSA) is 72.9 Å². The van der Waals surface area contributed by atoms with E-state index in [1.165, 1.54) is 5.56 Å². The average molecular weight is 296 g/mol. The van der Waals surface area contributed by atoms with Crippen LogP contribution in [0.4, 0.5) is 0 Å². The summed E-state index contributed by atoms with van der Waals surface area (Å²) in [6.45, 7) is 0.0177. The van der Waals surface area contributed by atoms with Crippen LogP contribution in [0.3, 0.4) is 0 Å². The summed E-state index contributed by atoms with van der Waals surface area (Å²) >= 11 is 0. The van der Waals surface area contributed by atoms with Gasteiger partial charge < -0.3 is 9.67 Å². The highest BCUT2D eigenvalue weighted by Crippen LogP contribution is 2.35. The first-order chi connectivity index (χ1) is 10.7. The fraction of sp³-hybridized carbons (Fsp3) is 0.312. The molecule has 0 aliphatic heterocycles. The van der Waals surface area contributed by atoms with Gasteiger partial charge in [-0.3, -0.25) is 4.79 Å². The van der Waals surface area contributed by atoms with E-state index in [1.807, 2.05) is 33.6 Å². The van der Waals surface area contributed by atoms with Crippen LogP contribution in [0.15, 0.2) is 36.7 Å². The van der Waals surface area contributed by atoms with Gasteiger partial charge in [0.05, 0.1) is 12.2 Å². The molecule has 0 bridgehead atoms. The molecule has 2 heterocycles. The molecular weight excluding hydrogens is 280 g/mol. The SMILES string of the molecule is O=C(O)Cn1c2c(c3ccccc31)CC(n1ccnn1)CC2. The highest BCUT2D eigenvalue weighted by atomic mass is 16.4. The van der Waals surface area contributed by atoms with Gasteiger partial charge >= 0.3 is 5.97 Å². The third-order valence-corrected chi connectivity index (χ3v) is 4.46. The molecule has 1 aromatic carbocycles. The predicted molar refractivity (Wildman–Crippen MR) is 80.7 cm³/mol. The number of aliphatic carboxylic acids is 1. The van der Waals surface area contributed by atoms with Crippen molar-refractivity contribution < 1.29 is 9.90 Å². The van der Waals surface area contributed by atoms with E-state index in [9.17, 15) is 9.90 Å². The maximum absolute atomic E-state index is 11.2. The molecule has 2 aromatic heterocycles. The van der Waals surface area contributed by atoms with Gasteiger partial charge in [0, 0.05) is 22.8 Å². The Hall–Kier alpha value is -2.63. The second kappa shape index (κ2) is 4.98. The van der Waals surface area contributed by atoms with E-state index in [2.05, 4.69) is 16.4 Å². The minimum atomic E-state index is -0.804. The van der Waals surface area contributed by atoms with Crippen molar-refractivity contribution in [1.29, 1.82) is 0 Å². The molecule has 3 aromatic rings. The first kappa shape index (κ1) is 13.1. The fourth-order valence-electron chi connectivity index (χ4n) is 3.54. The molecule has 4 rings (SSSR count). The number of carbonyl (C=O) groups is 1. The summed E-state index contributed by atoms with van der Waals surface area (Å²) in [5, 5.41) is 18.4. The van der Waals surface area contributed by atoms with Crippen molar-refractivity contribution >= 4 is 16.9 Å². The average Bonchev–Trinajstić information content (AvgIpc) is 3.15. The van der Waals surface area contributed by atoms with Gasteiger partial charge in [0.1, 0.15) is 6.54 Å².